The van der Waals surface area contributed by atoms with Crippen LogP contribution in [0.4, 0.5) is 17.2 Å². The molecule has 0 aliphatic carbocycles. The Bertz CT molecular complexity index is 916. The van der Waals surface area contributed by atoms with Crippen LogP contribution in [0.3, 0.4) is 0 Å². The molecule has 1 aromatic carbocycles. The van der Waals surface area contributed by atoms with Crippen molar-refractivity contribution in [1.82, 2.24) is 9.78 Å². The summed E-state index contributed by atoms with van der Waals surface area (Å²) in [6.07, 6.45) is 2.18. The number of hydrogen-bond donors (Lipinski definition) is 2. The fourth-order valence-electron chi connectivity index (χ4n) is 3.17. The number of nitrogens with one attached hydrogen (secondary N) is 2. The summed E-state index contributed by atoms with van der Waals surface area (Å²) < 4.78 is 1.18. The van der Waals surface area contributed by atoms with Crippen LogP contribution in [0.5, 0.6) is 0 Å². The molecule has 0 atom stereocenters. The number of carbonyl (C=O) groups excluding carboxylic acids is 2. The van der Waals surface area contributed by atoms with E-state index < -0.39 is 0 Å². The minimum Gasteiger partial charge on any atom is -0.355 e. The monoisotopic (exact) mass is 383 g/mol. The number of aromatic nitrogens is 2. The Labute approximate surface area is 163 Å². The van der Waals surface area contributed by atoms with Crippen LogP contribution in [0.1, 0.15) is 26.7 Å². The molecular formula is C20H25N5O3. The predicted octanol–water partition coefficient (Wildman–Crippen LogP) is 2.08. The van der Waals surface area contributed by atoms with E-state index in [4.69, 9.17) is 0 Å². The molecule has 1 aliphatic heterocycles. The Morgan fingerprint density at radius 1 is 1.11 bits per heavy atom. The van der Waals surface area contributed by atoms with E-state index in [2.05, 4.69) is 27.6 Å². The Morgan fingerprint density at radius 3 is 2.46 bits per heavy atom. The average Bonchev–Trinajstić information content (AvgIpc) is 2.64. The van der Waals surface area contributed by atoms with E-state index in [-0.39, 0.29) is 23.9 Å². The third-order valence-corrected chi connectivity index (χ3v) is 4.72. The fraction of sp³-hybridized carbons (Fsp3) is 0.400. The first-order chi connectivity index (χ1) is 13.4. The van der Waals surface area contributed by atoms with Gasteiger partial charge in [-0.2, -0.15) is 5.10 Å². The van der Waals surface area contributed by atoms with E-state index in [1.807, 2.05) is 0 Å². The molecule has 3 rings (SSSR count). The summed E-state index contributed by atoms with van der Waals surface area (Å²) in [4.78, 5) is 37.8. The molecule has 1 aromatic heterocycles. The molecule has 0 bridgehead atoms. The molecule has 2 amide bonds. The molecule has 1 aliphatic rings. The summed E-state index contributed by atoms with van der Waals surface area (Å²) in [6.45, 7) is 5.26. The standard InChI is InChI=1S/C20H25N5O3/c1-14-8-10-24(11-9-14)18-6-7-20(28)25(23-18)13-19(27)22-17-5-3-4-16(12-17)21-15(2)26/h3-7,12,14H,8-11,13H2,1-2H3,(H,21,26)(H,22,27). The van der Waals surface area contributed by atoms with Gasteiger partial charge in [0.05, 0.1) is 0 Å². The van der Waals surface area contributed by atoms with Crippen LogP contribution in [0, 0.1) is 5.92 Å². The minimum atomic E-state index is -0.362. The van der Waals surface area contributed by atoms with E-state index in [1.165, 1.54) is 17.7 Å². The van der Waals surface area contributed by atoms with Crippen molar-refractivity contribution >= 4 is 29.0 Å². The van der Waals surface area contributed by atoms with E-state index in [0.717, 1.165) is 25.9 Å². The van der Waals surface area contributed by atoms with Crippen molar-refractivity contribution in [3.05, 3.63) is 46.8 Å². The van der Waals surface area contributed by atoms with Gasteiger partial charge >= 0.3 is 0 Å². The van der Waals surface area contributed by atoms with Gasteiger partial charge < -0.3 is 15.5 Å². The van der Waals surface area contributed by atoms with Crippen LogP contribution in [-0.2, 0) is 16.1 Å². The number of hydrogen-bond acceptors (Lipinski definition) is 5. The van der Waals surface area contributed by atoms with E-state index >= 15 is 0 Å². The van der Waals surface area contributed by atoms with Gasteiger partial charge in [0.25, 0.3) is 5.56 Å². The topological polar surface area (TPSA) is 96.3 Å². The van der Waals surface area contributed by atoms with Crippen LogP contribution >= 0.6 is 0 Å². The second-order valence-electron chi connectivity index (χ2n) is 7.17. The van der Waals surface area contributed by atoms with Crippen molar-refractivity contribution in [3.63, 3.8) is 0 Å². The number of carbonyl (C=O) groups is 2. The molecule has 8 nitrogen and oxygen atoms in total. The van der Waals surface area contributed by atoms with Crippen molar-refractivity contribution in [2.24, 2.45) is 5.92 Å². The lowest BCUT2D eigenvalue weighted by molar-refractivity contribution is -0.117. The molecule has 1 saturated heterocycles. The molecule has 148 valence electrons. The number of nitrogens with zero attached hydrogens (tertiary/aromatic N) is 3. The zero-order chi connectivity index (χ0) is 20.1. The number of anilines is 3. The molecule has 8 heteroatoms. The highest BCUT2D eigenvalue weighted by Gasteiger charge is 2.18. The minimum absolute atomic E-state index is 0.179. The largest absolute Gasteiger partial charge is 0.355 e. The van der Waals surface area contributed by atoms with Gasteiger partial charge in [-0.15, -0.1) is 0 Å². The Morgan fingerprint density at radius 2 is 1.79 bits per heavy atom. The number of rotatable bonds is 5. The highest BCUT2D eigenvalue weighted by Crippen LogP contribution is 2.20. The van der Waals surface area contributed by atoms with Crippen molar-refractivity contribution in [2.75, 3.05) is 28.6 Å². The van der Waals surface area contributed by atoms with Gasteiger partial charge in [-0.25, -0.2) is 4.68 Å². The van der Waals surface area contributed by atoms with E-state index in [1.54, 1.807) is 30.3 Å². The smallest absolute Gasteiger partial charge is 0.267 e. The van der Waals surface area contributed by atoms with Crippen LogP contribution in [0.2, 0.25) is 0 Å². The second kappa shape index (κ2) is 8.69. The lowest BCUT2D eigenvalue weighted by atomic mass is 9.99. The summed E-state index contributed by atoms with van der Waals surface area (Å²) in [6, 6.07) is 9.98. The fourth-order valence-corrected chi connectivity index (χ4v) is 3.17. The summed E-state index contributed by atoms with van der Waals surface area (Å²) >= 11 is 0. The number of benzene rings is 1. The van der Waals surface area contributed by atoms with Crippen LogP contribution in [0.25, 0.3) is 0 Å². The third kappa shape index (κ3) is 5.18. The van der Waals surface area contributed by atoms with Crippen molar-refractivity contribution in [2.45, 2.75) is 33.2 Å². The van der Waals surface area contributed by atoms with Crippen molar-refractivity contribution < 1.29 is 9.59 Å². The van der Waals surface area contributed by atoms with Crippen LogP contribution in [0.15, 0.2) is 41.2 Å². The molecule has 0 saturated carbocycles. The molecule has 1 fully saturated rings. The highest BCUT2D eigenvalue weighted by molar-refractivity contribution is 5.93. The molecule has 0 spiro atoms. The SMILES string of the molecule is CC(=O)Nc1cccc(NC(=O)Cn2nc(N3CCC(C)CC3)ccc2=O)c1. The molecular weight excluding hydrogens is 358 g/mol. The van der Waals surface area contributed by atoms with Gasteiger partial charge in [0.15, 0.2) is 0 Å². The normalized spacial score (nSPS) is 14.6. The maximum Gasteiger partial charge on any atom is 0.267 e. The third-order valence-electron chi connectivity index (χ3n) is 4.72. The van der Waals surface area contributed by atoms with Crippen molar-refractivity contribution in [1.29, 1.82) is 0 Å². The van der Waals surface area contributed by atoms with Gasteiger partial charge in [-0.05, 0) is 43.0 Å². The van der Waals surface area contributed by atoms with Gasteiger partial charge in [0, 0.05) is 37.5 Å². The second-order valence-corrected chi connectivity index (χ2v) is 7.17. The van der Waals surface area contributed by atoms with Gasteiger partial charge in [0.2, 0.25) is 11.8 Å². The lowest BCUT2D eigenvalue weighted by Gasteiger charge is -2.31. The quantitative estimate of drug-likeness (QED) is 0.824. The first kappa shape index (κ1) is 19.6. The molecule has 0 radical (unpaired) electrons. The van der Waals surface area contributed by atoms with Gasteiger partial charge in [-0.3, -0.25) is 14.4 Å². The van der Waals surface area contributed by atoms with Crippen LogP contribution < -0.4 is 21.1 Å². The predicted molar refractivity (Wildman–Crippen MR) is 108 cm³/mol. The summed E-state index contributed by atoms with van der Waals surface area (Å²) in [5.74, 6) is 0.857. The maximum atomic E-state index is 12.4. The summed E-state index contributed by atoms with van der Waals surface area (Å²) in [7, 11) is 0. The Balaban J connectivity index is 1.67. The van der Waals surface area contributed by atoms with Gasteiger partial charge in [0.1, 0.15) is 12.4 Å². The summed E-state index contributed by atoms with van der Waals surface area (Å²) in [5, 5.41) is 9.77. The Hall–Kier alpha value is -3.16. The average molecular weight is 383 g/mol. The summed E-state index contributed by atoms with van der Waals surface area (Å²) in [5.41, 5.74) is 0.795. The van der Waals surface area contributed by atoms with E-state index in [9.17, 15) is 14.4 Å². The first-order valence-electron chi connectivity index (χ1n) is 9.41. The molecule has 2 heterocycles. The molecule has 0 unspecified atom stereocenters. The van der Waals surface area contributed by atoms with E-state index in [0.29, 0.717) is 23.1 Å². The van der Waals surface area contributed by atoms with Crippen LogP contribution in [-0.4, -0.2) is 34.7 Å². The van der Waals surface area contributed by atoms with Gasteiger partial charge in [-0.1, -0.05) is 13.0 Å². The first-order valence-corrected chi connectivity index (χ1v) is 9.41. The Kier molecular flexibility index (Phi) is 6.08. The molecule has 2 N–H and O–H groups in total. The molecule has 28 heavy (non-hydrogen) atoms. The zero-order valence-electron chi connectivity index (χ0n) is 16.1. The molecule has 2 aromatic rings. The number of piperidine rings is 1. The highest BCUT2D eigenvalue weighted by atomic mass is 16.2. The number of amides is 2. The maximum absolute atomic E-state index is 12.4. The zero-order valence-corrected chi connectivity index (χ0v) is 16.1. The van der Waals surface area contributed by atoms with Crippen molar-refractivity contribution in [3.8, 4) is 0 Å². The lowest BCUT2D eigenvalue weighted by Crippen LogP contribution is -2.36.